The number of hydrogen-bond donors (Lipinski definition) is 2. The second-order valence-electron chi connectivity index (χ2n) is 11.7. The van der Waals surface area contributed by atoms with Gasteiger partial charge in [-0.15, -0.1) is 0 Å². The molecule has 192 valence electrons. The molecule has 2 amide bonds. The van der Waals surface area contributed by atoms with Crippen molar-refractivity contribution in [3.63, 3.8) is 0 Å². The van der Waals surface area contributed by atoms with E-state index in [2.05, 4.69) is 4.90 Å². The summed E-state index contributed by atoms with van der Waals surface area (Å²) in [5.74, 6) is 0.271. The molecular weight excluding hydrogens is 515 g/mol. The van der Waals surface area contributed by atoms with Crippen LogP contribution in [0.25, 0.3) is 0 Å². The van der Waals surface area contributed by atoms with Crippen LogP contribution in [0.5, 0.6) is 11.5 Å². The van der Waals surface area contributed by atoms with Gasteiger partial charge in [-0.05, 0) is 74.8 Å². The van der Waals surface area contributed by atoms with E-state index in [1.54, 1.807) is 6.07 Å². The monoisotopic (exact) mass is 540 g/mol. The number of carbonyl (C=O) groups excluding carboxylic acids is 2. The lowest BCUT2D eigenvalue weighted by Crippen LogP contribution is -2.78. The number of benzene rings is 2. The first-order valence-corrected chi connectivity index (χ1v) is 13.9. The fraction of sp³-hybridized carbons (Fsp3) is 0.500. The van der Waals surface area contributed by atoms with E-state index in [0.29, 0.717) is 37.4 Å². The van der Waals surface area contributed by atoms with Crippen molar-refractivity contribution in [2.45, 2.75) is 67.7 Å². The summed E-state index contributed by atoms with van der Waals surface area (Å²) in [6, 6.07) is 5.85. The van der Waals surface area contributed by atoms with Crippen LogP contribution in [0.4, 0.5) is 0 Å². The highest BCUT2D eigenvalue weighted by Crippen LogP contribution is 2.66. The number of amides is 2. The Morgan fingerprint density at radius 2 is 1.73 bits per heavy atom. The highest BCUT2D eigenvalue weighted by atomic mass is 35.5. The maximum atomic E-state index is 13.6. The van der Waals surface area contributed by atoms with Crippen molar-refractivity contribution < 1.29 is 24.5 Å². The van der Waals surface area contributed by atoms with Gasteiger partial charge in [0.2, 0.25) is 0 Å². The molecule has 9 heteroatoms. The summed E-state index contributed by atoms with van der Waals surface area (Å²) in [4.78, 5) is 31.0. The minimum absolute atomic E-state index is 0.0309. The minimum atomic E-state index is -1.08. The first-order valence-electron chi connectivity index (χ1n) is 13.1. The largest absolute Gasteiger partial charge is 0.504 e. The van der Waals surface area contributed by atoms with Crippen LogP contribution in [0.1, 0.15) is 63.9 Å². The second-order valence-corrected chi connectivity index (χ2v) is 12.5. The Labute approximate surface area is 223 Å². The van der Waals surface area contributed by atoms with Gasteiger partial charge < -0.3 is 14.9 Å². The van der Waals surface area contributed by atoms with Crippen molar-refractivity contribution in [3.05, 3.63) is 56.6 Å². The molecule has 2 saturated carbocycles. The number of imide groups is 1. The van der Waals surface area contributed by atoms with E-state index in [1.807, 2.05) is 6.07 Å². The fourth-order valence-corrected chi connectivity index (χ4v) is 8.60. The molecule has 3 heterocycles. The average Bonchev–Trinajstić information content (AvgIpc) is 3.56. The van der Waals surface area contributed by atoms with Crippen LogP contribution in [-0.2, 0) is 11.8 Å². The van der Waals surface area contributed by atoms with Crippen molar-refractivity contribution in [3.8, 4) is 11.5 Å². The number of likely N-dealkylation sites (tertiary alicyclic amines) is 1. The molecule has 3 fully saturated rings. The number of phenols is 1. The van der Waals surface area contributed by atoms with Gasteiger partial charge >= 0.3 is 0 Å². The van der Waals surface area contributed by atoms with Gasteiger partial charge in [-0.2, -0.15) is 0 Å². The summed E-state index contributed by atoms with van der Waals surface area (Å²) >= 11 is 12.4. The van der Waals surface area contributed by atoms with Crippen LogP contribution in [-0.4, -0.2) is 68.7 Å². The highest BCUT2D eigenvalue weighted by Gasteiger charge is 2.74. The number of hydrogen-bond acceptors (Lipinski definition) is 6. The number of aliphatic hydroxyl groups is 1. The molecule has 2 aromatic carbocycles. The molecule has 5 atom stereocenters. The maximum absolute atomic E-state index is 13.6. The number of halogens is 2. The summed E-state index contributed by atoms with van der Waals surface area (Å²) in [7, 11) is 0. The summed E-state index contributed by atoms with van der Waals surface area (Å²) in [5.41, 5.74) is 0.517. The molecule has 1 saturated heterocycles. The van der Waals surface area contributed by atoms with Gasteiger partial charge in [0.25, 0.3) is 11.8 Å². The molecule has 6 aliphatic rings. The van der Waals surface area contributed by atoms with Crippen LogP contribution in [0.15, 0.2) is 24.3 Å². The number of aromatic hydroxyl groups is 1. The minimum Gasteiger partial charge on any atom is -0.504 e. The highest BCUT2D eigenvalue weighted by molar-refractivity contribution is 6.43. The number of fused-ring (bicyclic) bond motifs is 1. The molecule has 2 aromatic rings. The SMILES string of the molecule is O=C1c2cc(Cl)c(Cl)cc2C(=O)N1[C@@H]1CC[C@@]2(O)[C@@H]3Cc4ccc(O)c5c4[C@@]2(CCN3CC2CC2)[C@H]1O5. The van der Waals surface area contributed by atoms with E-state index in [1.165, 1.54) is 29.9 Å². The lowest BCUT2D eigenvalue weighted by Gasteiger charge is -2.64. The van der Waals surface area contributed by atoms with E-state index in [0.717, 1.165) is 24.2 Å². The van der Waals surface area contributed by atoms with E-state index >= 15 is 0 Å². The standard InChI is InChI=1S/C28H26Cl2N2O5/c29-17-10-15-16(11-18(17)30)26(35)32(25(15)34)19-5-6-28(36)21-9-14-3-4-20(33)23-22(14)27(28,24(19)37-23)7-8-31(21)12-13-1-2-13/h3-4,10-11,13,19,21,24,33,36H,1-2,5-9,12H2/t19-,21+,24+,27+,28-/m1/s1. The Hall–Kier alpha value is -2.32. The normalized spacial score (nSPS) is 35.4. The predicted octanol–water partition coefficient (Wildman–Crippen LogP) is 3.93. The quantitative estimate of drug-likeness (QED) is 0.573. The molecule has 0 unspecified atom stereocenters. The lowest BCUT2D eigenvalue weighted by atomic mass is 9.48. The molecule has 2 bridgehead atoms. The van der Waals surface area contributed by atoms with Gasteiger partial charge in [-0.1, -0.05) is 29.3 Å². The fourth-order valence-electron chi connectivity index (χ4n) is 8.27. The summed E-state index contributed by atoms with van der Waals surface area (Å²) in [5, 5.41) is 23.9. The molecule has 1 spiro atoms. The lowest BCUT2D eigenvalue weighted by molar-refractivity contribution is -0.196. The molecule has 8 rings (SSSR count). The summed E-state index contributed by atoms with van der Waals surface area (Å²) in [6.45, 7) is 1.79. The summed E-state index contributed by atoms with van der Waals surface area (Å²) < 4.78 is 6.54. The van der Waals surface area contributed by atoms with Crippen molar-refractivity contribution in [2.24, 2.45) is 5.92 Å². The van der Waals surface area contributed by atoms with Gasteiger partial charge in [0, 0.05) is 18.2 Å². The van der Waals surface area contributed by atoms with Gasteiger partial charge in [-0.25, -0.2) is 0 Å². The third-order valence-corrected chi connectivity index (χ3v) is 10.7. The average molecular weight is 541 g/mol. The summed E-state index contributed by atoms with van der Waals surface area (Å²) in [6.07, 6.45) is 4.00. The molecule has 3 aliphatic carbocycles. The molecule has 3 aliphatic heterocycles. The van der Waals surface area contributed by atoms with Gasteiger partial charge in [0.1, 0.15) is 6.10 Å². The van der Waals surface area contributed by atoms with E-state index in [9.17, 15) is 19.8 Å². The third-order valence-electron chi connectivity index (χ3n) is 10.0. The third kappa shape index (κ3) is 2.66. The number of phenolic OH excluding ortho intramolecular Hbond substituents is 1. The van der Waals surface area contributed by atoms with Crippen molar-refractivity contribution >= 4 is 35.0 Å². The zero-order chi connectivity index (χ0) is 25.4. The number of piperidine rings is 1. The Kier molecular flexibility index (Phi) is 4.41. The Morgan fingerprint density at radius 1 is 1.03 bits per heavy atom. The van der Waals surface area contributed by atoms with E-state index in [-0.39, 0.29) is 33.0 Å². The van der Waals surface area contributed by atoms with Crippen LogP contribution < -0.4 is 4.74 Å². The smallest absolute Gasteiger partial charge is 0.261 e. The van der Waals surface area contributed by atoms with Crippen molar-refractivity contribution in [1.29, 1.82) is 0 Å². The number of rotatable bonds is 3. The number of carbonyl (C=O) groups is 2. The zero-order valence-corrected chi connectivity index (χ0v) is 21.6. The van der Waals surface area contributed by atoms with Crippen molar-refractivity contribution in [1.82, 2.24) is 9.80 Å². The first kappa shape index (κ1) is 22.6. The van der Waals surface area contributed by atoms with Crippen LogP contribution in [0.3, 0.4) is 0 Å². The molecule has 0 aromatic heterocycles. The molecule has 0 radical (unpaired) electrons. The topological polar surface area (TPSA) is 90.3 Å². The van der Waals surface area contributed by atoms with Gasteiger partial charge in [0.15, 0.2) is 11.5 Å². The van der Waals surface area contributed by atoms with Crippen LogP contribution in [0, 0.1) is 5.92 Å². The zero-order valence-electron chi connectivity index (χ0n) is 20.0. The Morgan fingerprint density at radius 3 is 2.41 bits per heavy atom. The van der Waals surface area contributed by atoms with Gasteiger partial charge in [-0.3, -0.25) is 19.4 Å². The molecule has 7 nitrogen and oxygen atoms in total. The first-order chi connectivity index (χ1) is 17.7. The second kappa shape index (κ2) is 7.20. The Balaban J connectivity index is 1.26. The van der Waals surface area contributed by atoms with Crippen LogP contribution in [0.2, 0.25) is 10.0 Å². The molecule has 2 N–H and O–H groups in total. The van der Waals surface area contributed by atoms with E-state index in [4.69, 9.17) is 27.9 Å². The van der Waals surface area contributed by atoms with Crippen LogP contribution >= 0.6 is 23.2 Å². The number of ether oxygens (including phenoxy) is 1. The number of nitrogens with zero attached hydrogens (tertiary/aromatic N) is 2. The predicted molar refractivity (Wildman–Crippen MR) is 136 cm³/mol. The van der Waals surface area contributed by atoms with E-state index < -0.39 is 35.0 Å². The maximum Gasteiger partial charge on any atom is 0.261 e. The van der Waals surface area contributed by atoms with Crippen molar-refractivity contribution in [2.75, 3.05) is 13.1 Å². The molecular formula is C28H26Cl2N2O5. The Bertz CT molecular complexity index is 1380. The van der Waals surface area contributed by atoms with Gasteiger partial charge in [0.05, 0.1) is 38.2 Å². The molecule has 37 heavy (non-hydrogen) atoms.